The summed E-state index contributed by atoms with van der Waals surface area (Å²) in [5, 5.41) is 19.7. The fourth-order valence-corrected chi connectivity index (χ4v) is 6.92. The summed E-state index contributed by atoms with van der Waals surface area (Å²) >= 11 is 0. The predicted octanol–water partition coefficient (Wildman–Crippen LogP) is 5.88. The molecule has 13 heteroatoms. The number of H-pyrrole nitrogens is 1. The van der Waals surface area contributed by atoms with Gasteiger partial charge in [0.25, 0.3) is 0 Å². The number of carbonyl (C=O) groups excluding carboxylic acids is 2. The number of aromatic nitrogens is 5. The molecule has 2 amide bonds. The Bertz CT molecular complexity index is 2050. The van der Waals surface area contributed by atoms with Crippen LogP contribution in [0.4, 0.5) is 11.7 Å². The summed E-state index contributed by atoms with van der Waals surface area (Å²) in [7, 11) is 0. The number of likely N-dealkylation sites (tertiary alicyclic amines) is 1. The van der Waals surface area contributed by atoms with Crippen LogP contribution in [0.1, 0.15) is 46.1 Å². The number of amides is 2. The van der Waals surface area contributed by atoms with Crippen LogP contribution in [0.5, 0.6) is 5.88 Å². The standard InChI is InChI=1S/C39H45N9O4/c1-5-40-39-45-44-37(52-39)28-9-7-26(8-10-28)27-16-19-47(20-17-27)35(49)24-46-18-15-30(23-46)38(50)48(6-2)31-12-13-33-32(21-31)36(43-42-33)29-11-14-34(41-22-29)51-25(3)4/h7-14,16,21-22,25,30H,5-6,15,17-20,23-24H2,1-4H3,(H,40,45)(H,42,43)/t30-/m1/s1. The molecule has 2 aliphatic rings. The zero-order chi connectivity index (χ0) is 36.2. The summed E-state index contributed by atoms with van der Waals surface area (Å²) in [6.07, 6.45) is 5.43. The van der Waals surface area contributed by atoms with E-state index in [1.807, 2.05) is 80.0 Å². The molecule has 1 atom stereocenters. The average Bonchev–Trinajstić information content (AvgIpc) is 3.93. The fraction of sp³-hybridized carbons (Fsp3) is 0.385. The van der Waals surface area contributed by atoms with Crippen molar-refractivity contribution in [2.75, 3.05) is 56.0 Å². The summed E-state index contributed by atoms with van der Waals surface area (Å²) in [6, 6.07) is 18.2. The Hall–Kier alpha value is -5.56. The van der Waals surface area contributed by atoms with Crippen LogP contribution in [0, 0.1) is 5.92 Å². The van der Waals surface area contributed by atoms with Crippen LogP contribution in [0.2, 0.25) is 0 Å². The molecule has 1 saturated heterocycles. The van der Waals surface area contributed by atoms with Gasteiger partial charge < -0.3 is 24.3 Å². The minimum absolute atomic E-state index is 0.0390. The van der Waals surface area contributed by atoms with Crippen LogP contribution in [-0.2, 0) is 9.59 Å². The van der Waals surface area contributed by atoms with Gasteiger partial charge in [-0.3, -0.25) is 19.6 Å². The number of anilines is 2. The van der Waals surface area contributed by atoms with E-state index in [0.29, 0.717) is 63.6 Å². The Kier molecular flexibility index (Phi) is 10.3. The fourth-order valence-electron chi connectivity index (χ4n) is 6.92. The highest BCUT2D eigenvalue weighted by molar-refractivity contribution is 6.00. The van der Waals surface area contributed by atoms with Crippen molar-refractivity contribution in [1.82, 2.24) is 35.2 Å². The van der Waals surface area contributed by atoms with Crippen molar-refractivity contribution in [3.63, 3.8) is 0 Å². The number of ether oxygens (including phenoxy) is 1. The van der Waals surface area contributed by atoms with E-state index in [-0.39, 0.29) is 23.8 Å². The van der Waals surface area contributed by atoms with Crippen molar-refractivity contribution in [2.45, 2.75) is 46.6 Å². The van der Waals surface area contributed by atoms with Crippen LogP contribution in [-0.4, -0.2) is 98.9 Å². The van der Waals surface area contributed by atoms with Crippen molar-refractivity contribution < 1.29 is 18.7 Å². The number of rotatable bonds is 12. The summed E-state index contributed by atoms with van der Waals surface area (Å²) < 4.78 is 11.4. The molecular formula is C39H45N9O4. The Morgan fingerprint density at radius 1 is 1.04 bits per heavy atom. The number of nitrogens with zero attached hydrogens (tertiary/aromatic N) is 7. The van der Waals surface area contributed by atoms with E-state index in [9.17, 15) is 9.59 Å². The highest BCUT2D eigenvalue weighted by Crippen LogP contribution is 2.32. The molecular weight excluding hydrogens is 658 g/mol. The molecule has 3 aromatic heterocycles. The van der Waals surface area contributed by atoms with E-state index in [0.717, 1.165) is 51.8 Å². The molecule has 7 rings (SSSR count). The number of aromatic amines is 1. The molecule has 5 aromatic rings. The average molecular weight is 704 g/mol. The number of pyridine rings is 1. The number of fused-ring (bicyclic) bond motifs is 1. The Morgan fingerprint density at radius 3 is 2.56 bits per heavy atom. The molecule has 0 radical (unpaired) electrons. The van der Waals surface area contributed by atoms with Crippen LogP contribution >= 0.6 is 0 Å². The molecule has 0 saturated carbocycles. The summed E-state index contributed by atoms with van der Waals surface area (Å²) in [6.45, 7) is 12.0. The van der Waals surface area contributed by atoms with Gasteiger partial charge >= 0.3 is 6.01 Å². The van der Waals surface area contributed by atoms with Gasteiger partial charge in [0.1, 0.15) is 5.69 Å². The Labute approximate surface area is 303 Å². The first-order valence-electron chi connectivity index (χ1n) is 18.1. The predicted molar refractivity (Wildman–Crippen MR) is 201 cm³/mol. The summed E-state index contributed by atoms with van der Waals surface area (Å²) in [4.78, 5) is 37.6. The van der Waals surface area contributed by atoms with Gasteiger partial charge in [-0.25, -0.2) is 4.98 Å². The van der Waals surface area contributed by atoms with Crippen molar-refractivity contribution >= 4 is 40.0 Å². The lowest BCUT2D eigenvalue weighted by Crippen LogP contribution is -2.42. The second kappa shape index (κ2) is 15.4. The maximum atomic E-state index is 13.9. The lowest BCUT2D eigenvalue weighted by Gasteiger charge is -2.29. The molecule has 52 heavy (non-hydrogen) atoms. The normalized spacial score (nSPS) is 16.4. The van der Waals surface area contributed by atoms with Crippen molar-refractivity contribution in [1.29, 1.82) is 0 Å². The number of hydrogen-bond acceptors (Lipinski definition) is 10. The van der Waals surface area contributed by atoms with E-state index >= 15 is 0 Å². The number of hydrogen-bond donors (Lipinski definition) is 2. The summed E-state index contributed by atoms with van der Waals surface area (Å²) in [5.74, 6) is 1.03. The smallest absolute Gasteiger partial charge is 0.315 e. The van der Waals surface area contributed by atoms with E-state index in [4.69, 9.17) is 9.15 Å². The van der Waals surface area contributed by atoms with Crippen LogP contribution < -0.4 is 15.0 Å². The third kappa shape index (κ3) is 7.54. The largest absolute Gasteiger partial charge is 0.475 e. The van der Waals surface area contributed by atoms with Crippen molar-refractivity contribution in [3.8, 4) is 28.6 Å². The maximum Gasteiger partial charge on any atom is 0.315 e. The molecule has 5 heterocycles. The zero-order valence-electron chi connectivity index (χ0n) is 30.1. The Morgan fingerprint density at radius 2 is 1.85 bits per heavy atom. The highest BCUT2D eigenvalue weighted by atomic mass is 16.5. The van der Waals surface area contributed by atoms with Crippen molar-refractivity contribution in [2.24, 2.45) is 5.92 Å². The van der Waals surface area contributed by atoms with E-state index < -0.39 is 0 Å². The molecule has 13 nitrogen and oxygen atoms in total. The first-order valence-corrected chi connectivity index (χ1v) is 18.1. The topological polar surface area (TPSA) is 146 Å². The third-order valence-corrected chi connectivity index (χ3v) is 9.60. The van der Waals surface area contributed by atoms with Crippen molar-refractivity contribution in [3.05, 3.63) is 72.4 Å². The van der Waals surface area contributed by atoms with Gasteiger partial charge in [-0.1, -0.05) is 23.3 Å². The molecule has 0 bridgehead atoms. The monoisotopic (exact) mass is 703 g/mol. The second-order valence-corrected chi connectivity index (χ2v) is 13.5. The van der Waals surface area contributed by atoms with E-state index in [1.54, 1.807) is 6.20 Å². The zero-order valence-corrected chi connectivity index (χ0v) is 30.1. The minimum Gasteiger partial charge on any atom is -0.475 e. The van der Waals surface area contributed by atoms with Gasteiger partial charge in [-0.2, -0.15) is 5.10 Å². The maximum absolute atomic E-state index is 13.9. The second-order valence-electron chi connectivity index (χ2n) is 13.5. The van der Waals surface area contributed by atoms with Crippen LogP contribution in [0.3, 0.4) is 0 Å². The van der Waals surface area contributed by atoms with Gasteiger partial charge in [0.15, 0.2) is 0 Å². The van der Waals surface area contributed by atoms with Gasteiger partial charge in [-0.15, -0.1) is 5.10 Å². The molecule has 0 spiro atoms. The van der Waals surface area contributed by atoms with E-state index in [1.165, 1.54) is 5.57 Å². The SMILES string of the molecule is CCNc1nnc(-c2ccc(C3=CCN(C(=O)CN4CC[C@@H](C(=O)N(CC)c5ccc6[nH]nc(-c7ccc(OC(C)C)nc7)c6c5)C4)CC3)cc2)o1. The number of nitrogens with one attached hydrogen (secondary N) is 2. The quantitative estimate of drug-likeness (QED) is 0.162. The number of carbonyl (C=O) groups is 2. The molecule has 0 aliphatic carbocycles. The van der Waals surface area contributed by atoms with Gasteiger partial charge in [0, 0.05) is 67.2 Å². The summed E-state index contributed by atoms with van der Waals surface area (Å²) in [5.41, 5.74) is 6.53. The molecule has 2 aromatic carbocycles. The molecule has 0 unspecified atom stereocenters. The highest BCUT2D eigenvalue weighted by Gasteiger charge is 2.33. The van der Waals surface area contributed by atoms with Gasteiger partial charge in [-0.05, 0) is 94.6 Å². The van der Waals surface area contributed by atoms with Gasteiger partial charge in [0.05, 0.1) is 24.1 Å². The molecule has 2 N–H and O–H groups in total. The first-order chi connectivity index (χ1) is 25.3. The Balaban J connectivity index is 0.940. The van der Waals surface area contributed by atoms with Gasteiger partial charge in [0.2, 0.25) is 23.6 Å². The molecule has 270 valence electrons. The van der Waals surface area contributed by atoms with Crippen LogP contribution in [0.25, 0.3) is 39.2 Å². The lowest BCUT2D eigenvalue weighted by atomic mass is 9.98. The van der Waals surface area contributed by atoms with Crippen LogP contribution in [0.15, 0.2) is 71.3 Å². The minimum atomic E-state index is -0.178. The molecule has 1 fully saturated rings. The first kappa shape index (κ1) is 34.9. The molecule has 2 aliphatic heterocycles. The lowest BCUT2D eigenvalue weighted by molar-refractivity contribution is -0.132. The third-order valence-electron chi connectivity index (χ3n) is 9.60. The number of benzene rings is 2. The van der Waals surface area contributed by atoms with E-state index in [2.05, 4.69) is 53.8 Å².